The van der Waals surface area contributed by atoms with Crippen molar-refractivity contribution in [3.8, 4) is 0 Å². The minimum atomic E-state index is 0.245. The highest BCUT2D eigenvalue weighted by Crippen LogP contribution is 2.21. The van der Waals surface area contributed by atoms with Crippen molar-refractivity contribution in [2.45, 2.75) is 57.1 Å². The van der Waals surface area contributed by atoms with Gasteiger partial charge < -0.3 is 9.84 Å². The Bertz CT molecular complexity index is 329. The highest BCUT2D eigenvalue weighted by molar-refractivity contribution is 7.99. The summed E-state index contributed by atoms with van der Waals surface area (Å²) in [7, 11) is 1.94. The van der Waals surface area contributed by atoms with Gasteiger partial charge in [-0.1, -0.05) is 25.9 Å². The van der Waals surface area contributed by atoms with Gasteiger partial charge in [0, 0.05) is 11.3 Å². The first-order chi connectivity index (χ1) is 8.08. The van der Waals surface area contributed by atoms with Crippen molar-refractivity contribution in [2.75, 3.05) is 7.05 Å². The third kappa shape index (κ3) is 4.32. The van der Waals surface area contributed by atoms with Crippen LogP contribution in [-0.2, 0) is 5.75 Å². The van der Waals surface area contributed by atoms with Gasteiger partial charge >= 0.3 is 0 Å². The zero-order valence-corrected chi connectivity index (χ0v) is 12.2. The monoisotopic (exact) mass is 257 g/mol. The van der Waals surface area contributed by atoms with Gasteiger partial charge in [-0.3, -0.25) is 0 Å². The number of likely N-dealkylation sites (N-methyl/N-ethyl adjacent to an activating group) is 1. The molecule has 1 rings (SSSR count). The SMILES string of the molecule is CCC(C)SCc1noc(C(C)C(C)NC)n1. The molecule has 1 heterocycles. The molecule has 0 bridgehead atoms. The molecule has 3 atom stereocenters. The molecule has 0 amide bonds. The smallest absolute Gasteiger partial charge is 0.231 e. The van der Waals surface area contributed by atoms with Gasteiger partial charge in [0.2, 0.25) is 5.89 Å². The second kappa shape index (κ2) is 7.01. The first-order valence-corrected chi connectivity index (χ1v) is 7.24. The normalized spacial score (nSPS) is 16.8. The van der Waals surface area contributed by atoms with Crippen LogP contribution in [0.4, 0.5) is 0 Å². The van der Waals surface area contributed by atoms with E-state index in [2.05, 4.69) is 43.2 Å². The van der Waals surface area contributed by atoms with Crippen molar-refractivity contribution in [3.05, 3.63) is 11.7 Å². The summed E-state index contributed by atoms with van der Waals surface area (Å²) in [5.41, 5.74) is 0. The van der Waals surface area contributed by atoms with E-state index in [0.717, 1.165) is 17.5 Å². The van der Waals surface area contributed by atoms with E-state index in [-0.39, 0.29) is 5.92 Å². The Morgan fingerprint density at radius 3 is 2.65 bits per heavy atom. The number of hydrogen-bond donors (Lipinski definition) is 1. The van der Waals surface area contributed by atoms with E-state index in [1.165, 1.54) is 6.42 Å². The maximum Gasteiger partial charge on any atom is 0.231 e. The average Bonchev–Trinajstić information content (AvgIpc) is 2.82. The second-order valence-electron chi connectivity index (χ2n) is 4.44. The number of hydrogen-bond acceptors (Lipinski definition) is 5. The van der Waals surface area contributed by atoms with Crippen molar-refractivity contribution >= 4 is 11.8 Å². The molecule has 0 aliphatic rings. The highest BCUT2D eigenvalue weighted by Gasteiger charge is 2.19. The van der Waals surface area contributed by atoms with Gasteiger partial charge in [-0.15, -0.1) is 0 Å². The number of nitrogens with zero attached hydrogens (tertiary/aromatic N) is 2. The van der Waals surface area contributed by atoms with E-state index >= 15 is 0 Å². The van der Waals surface area contributed by atoms with Crippen LogP contribution in [0.3, 0.4) is 0 Å². The summed E-state index contributed by atoms with van der Waals surface area (Å²) in [6, 6.07) is 0.338. The Morgan fingerprint density at radius 2 is 2.06 bits per heavy atom. The van der Waals surface area contributed by atoms with Crippen molar-refractivity contribution in [1.29, 1.82) is 0 Å². The molecule has 0 fully saturated rings. The fourth-order valence-corrected chi connectivity index (χ4v) is 2.10. The standard InChI is InChI=1S/C12H23N3OS/c1-6-8(2)17-7-11-14-12(16-15-11)9(3)10(4)13-5/h8-10,13H,6-7H2,1-5H3. The molecule has 0 aliphatic carbocycles. The average molecular weight is 257 g/mol. The van der Waals surface area contributed by atoms with Crippen LogP contribution >= 0.6 is 11.8 Å². The van der Waals surface area contributed by atoms with Crippen LogP contribution in [0.1, 0.15) is 51.7 Å². The van der Waals surface area contributed by atoms with E-state index in [4.69, 9.17) is 4.52 Å². The number of aromatic nitrogens is 2. The lowest BCUT2D eigenvalue weighted by Crippen LogP contribution is -2.27. The molecule has 1 aromatic rings. The van der Waals surface area contributed by atoms with Crippen molar-refractivity contribution in [1.82, 2.24) is 15.5 Å². The summed E-state index contributed by atoms with van der Waals surface area (Å²) >= 11 is 1.87. The molecule has 0 saturated carbocycles. The molecular weight excluding hydrogens is 234 g/mol. The zero-order valence-electron chi connectivity index (χ0n) is 11.4. The van der Waals surface area contributed by atoms with Crippen LogP contribution < -0.4 is 5.32 Å². The summed E-state index contributed by atoms with van der Waals surface area (Å²) < 4.78 is 5.30. The molecule has 3 unspecified atom stereocenters. The summed E-state index contributed by atoms with van der Waals surface area (Å²) in [6.45, 7) is 8.62. The van der Waals surface area contributed by atoms with Crippen LogP contribution in [0.2, 0.25) is 0 Å². The summed E-state index contributed by atoms with van der Waals surface area (Å²) in [4.78, 5) is 4.45. The summed E-state index contributed by atoms with van der Waals surface area (Å²) in [5.74, 6) is 2.61. The Morgan fingerprint density at radius 1 is 1.35 bits per heavy atom. The highest BCUT2D eigenvalue weighted by atomic mass is 32.2. The molecule has 0 radical (unpaired) electrons. The van der Waals surface area contributed by atoms with Crippen LogP contribution in [0.15, 0.2) is 4.52 Å². The summed E-state index contributed by atoms with van der Waals surface area (Å²) in [5, 5.41) is 7.87. The molecule has 0 spiro atoms. The lowest BCUT2D eigenvalue weighted by molar-refractivity contribution is 0.334. The number of rotatable bonds is 7. The van der Waals surface area contributed by atoms with Gasteiger partial charge in [0.1, 0.15) is 0 Å². The van der Waals surface area contributed by atoms with Crippen LogP contribution in [0.25, 0.3) is 0 Å². The molecule has 1 N–H and O–H groups in total. The first-order valence-electron chi connectivity index (χ1n) is 6.19. The molecule has 4 nitrogen and oxygen atoms in total. The predicted molar refractivity (Wildman–Crippen MR) is 72.3 cm³/mol. The molecule has 0 saturated heterocycles. The first kappa shape index (κ1) is 14.5. The lowest BCUT2D eigenvalue weighted by Gasteiger charge is -2.14. The largest absolute Gasteiger partial charge is 0.339 e. The number of thioether (sulfide) groups is 1. The Labute approximate surface area is 108 Å². The predicted octanol–water partition coefficient (Wildman–Crippen LogP) is 2.81. The maximum absolute atomic E-state index is 5.30. The minimum absolute atomic E-state index is 0.245. The molecule has 5 heteroatoms. The Kier molecular flexibility index (Phi) is 5.98. The lowest BCUT2D eigenvalue weighted by atomic mass is 10.0. The molecule has 17 heavy (non-hydrogen) atoms. The second-order valence-corrected chi connectivity index (χ2v) is 5.87. The van der Waals surface area contributed by atoms with Gasteiger partial charge in [-0.05, 0) is 20.4 Å². The van der Waals surface area contributed by atoms with Gasteiger partial charge in [-0.2, -0.15) is 16.7 Å². The fourth-order valence-electron chi connectivity index (χ4n) is 1.31. The van der Waals surface area contributed by atoms with E-state index in [9.17, 15) is 0 Å². The quantitative estimate of drug-likeness (QED) is 0.814. The Hall–Kier alpha value is -0.550. The molecule has 1 aromatic heterocycles. The topological polar surface area (TPSA) is 51.0 Å². The van der Waals surface area contributed by atoms with Crippen molar-refractivity contribution in [2.24, 2.45) is 0 Å². The fraction of sp³-hybridized carbons (Fsp3) is 0.833. The number of nitrogens with one attached hydrogen (secondary N) is 1. The van der Waals surface area contributed by atoms with E-state index in [1.54, 1.807) is 0 Å². The van der Waals surface area contributed by atoms with Gasteiger partial charge in [0.25, 0.3) is 0 Å². The van der Waals surface area contributed by atoms with E-state index < -0.39 is 0 Å². The maximum atomic E-state index is 5.30. The summed E-state index contributed by atoms with van der Waals surface area (Å²) in [6.07, 6.45) is 1.17. The van der Waals surface area contributed by atoms with Gasteiger partial charge in [0.15, 0.2) is 5.82 Å². The Balaban J connectivity index is 2.53. The molecule has 0 aliphatic heterocycles. The van der Waals surface area contributed by atoms with Gasteiger partial charge in [0.05, 0.1) is 11.7 Å². The molecule has 0 aromatic carbocycles. The van der Waals surface area contributed by atoms with Crippen LogP contribution in [0.5, 0.6) is 0 Å². The zero-order chi connectivity index (χ0) is 12.8. The van der Waals surface area contributed by atoms with Crippen molar-refractivity contribution in [3.63, 3.8) is 0 Å². The molecule has 98 valence electrons. The third-order valence-corrected chi connectivity index (χ3v) is 4.48. The molecular formula is C12H23N3OS. The van der Waals surface area contributed by atoms with E-state index in [1.807, 2.05) is 18.8 Å². The van der Waals surface area contributed by atoms with Crippen LogP contribution in [0, 0.1) is 0 Å². The van der Waals surface area contributed by atoms with E-state index in [0.29, 0.717) is 11.3 Å². The van der Waals surface area contributed by atoms with Gasteiger partial charge in [-0.25, -0.2) is 0 Å². The van der Waals surface area contributed by atoms with Crippen LogP contribution in [-0.4, -0.2) is 28.5 Å². The van der Waals surface area contributed by atoms with Crippen molar-refractivity contribution < 1.29 is 4.52 Å². The third-order valence-electron chi connectivity index (χ3n) is 3.15. The minimum Gasteiger partial charge on any atom is -0.339 e.